The minimum atomic E-state index is -0.742. The van der Waals surface area contributed by atoms with Crippen molar-refractivity contribution in [1.29, 1.82) is 0 Å². The lowest BCUT2D eigenvalue weighted by Gasteiger charge is -2.13. The molecule has 11 heteroatoms. The van der Waals surface area contributed by atoms with Crippen molar-refractivity contribution in [3.05, 3.63) is 0 Å². The quantitative estimate of drug-likeness (QED) is 0.178. The van der Waals surface area contributed by atoms with Gasteiger partial charge in [-0.1, -0.05) is 0 Å². The first-order valence-corrected chi connectivity index (χ1v) is 9.37. The van der Waals surface area contributed by atoms with Gasteiger partial charge in [0.05, 0.1) is 31.7 Å². The molecule has 1 saturated heterocycles. The van der Waals surface area contributed by atoms with E-state index < -0.39 is 23.8 Å². The number of hydrogen-bond acceptors (Lipinski definition) is 7. The summed E-state index contributed by atoms with van der Waals surface area (Å²) in [7, 11) is 0. The maximum absolute atomic E-state index is 11.8. The van der Waals surface area contributed by atoms with Gasteiger partial charge in [0.2, 0.25) is 29.9 Å². The number of carbonyl (C=O) groups is 4. The molecule has 7 N–H and O–H groups in total. The molecule has 1 aliphatic rings. The summed E-state index contributed by atoms with van der Waals surface area (Å²) in [6.45, 7) is 0.390. The molecule has 2 atom stereocenters. The van der Waals surface area contributed by atoms with Crippen molar-refractivity contribution in [2.75, 3.05) is 32.7 Å². The standard InChI is InChI=1S/C17H29N6O5/c18-6-2-1-4-12(11-24)23-16(27)10-21-14(25)8-20-15(26)9-22-17(28)13-5-3-7-19-13/h12-13,19H,1-10,18H2,(H,20,26)(H,21,25)(H,22,28)(H,23,27)/t12-,13-/m0/s1. The van der Waals surface area contributed by atoms with Gasteiger partial charge in [0.1, 0.15) is 0 Å². The molecule has 1 radical (unpaired) electrons. The van der Waals surface area contributed by atoms with Gasteiger partial charge < -0.3 is 32.3 Å². The van der Waals surface area contributed by atoms with Crippen LogP contribution in [0, 0.1) is 0 Å². The van der Waals surface area contributed by atoms with Crippen molar-refractivity contribution in [3.8, 4) is 0 Å². The van der Waals surface area contributed by atoms with Crippen LogP contribution in [0.5, 0.6) is 0 Å². The molecule has 0 saturated carbocycles. The van der Waals surface area contributed by atoms with Crippen LogP contribution in [-0.4, -0.2) is 74.7 Å². The second kappa shape index (κ2) is 13.6. The third-order valence-electron chi connectivity index (χ3n) is 4.12. The zero-order chi connectivity index (χ0) is 20.8. The van der Waals surface area contributed by atoms with Gasteiger partial charge in [-0.25, -0.2) is 0 Å². The molecule has 0 aliphatic carbocycles. The van der Waals surface area contributed by atoms with Gasteiger partial charge in [0.25, 0.3) is 0 Å². The molecule has 157 valence electrons. The van der Waals surface area contributed by atoms with E-state index in [-0.39, 0.29) is 31.6 Å². The molecule has 1 rings (SSSR count). The molecular formula is C17H29N6O5. The Bertz CT molecular complexity index is 550. The molecular weight excluding hydrogens is 368 g/mol. The summed E-state index contributed by atoms with van der Waals surface area (Å²) in [5, 5.41) is 12.6. The SMILES string of the molecule is NCCCC[C@@H]([C]=O)NC(=O)CNC(=O)CNC(=O)CNC(=O)[C@@H]1CCCN1. The third-order valence-corrected chi connectivity index (χ3v) is 4.12. The van der Waals surface area contributed by atoms with Crippen LogP contribution in [0.1, 0.15) is 32.1 Å². The Morgan fingerprint density at radius 2 is 1.64 bits per heavy atom. The van der Waals surface area contributed by atoms with Crippen molar-refractivity contribution >= 4 is 29.9 Å². The summed E-state index contributed by atoms with van der Waals surface area (Å²) in [6.07, 6.45) is 5.23. The summed E-state index contributed by atoms with van der Waals surface area (Å²) in [5.41, 5.74) is 5.36. The molecule has 1 fully saturated rings. The van der Waals surface area contributed by atoms with Gasteiger partial charge in [0.15, 0.2) is 0 Å². The molecule has 0 aromatic carbocycles. The van der Waals surface area contributed by atoms with E-state index in [2.05, 4.69) is 26.6 Å². The fraction of sp³-hybridized carbons (Fsp3) is 0.706. The van der Waals surface area contributed by atoms with E-state index in [0.29, 0.717) is 19.4 Å². The summed E-state index contributed by atoms with van der Waals surface area (Å²) < 4.78 is 0. The molecule has 1 aliphatic heterocycles. The highest BCUT2D eigenvalue weighted by Crippen LogP contribution is 2.04. The highest BCUT2D eigenvalue weighted by Gasteiger charge is 2.22. The van der Waals surface area contributed by atoms with E-state index in [1.54, 1.807) is 6.29 Å². The minimum absolute atomic E-state index is 0.232. The van der Waals surface area contributed by atoms with E-state index >= 15 is 0 Å². The highest BCUT2D eigenvalue weighted by molar-refractivity contribution is 5.91. The molecule has 0 spiro atoms. The van der Waals surface area contributed by atoms with Crippen molar-refractivity contribution in [1.82, 2.24) is 26.6 Å². The van der Waals surface area contributed by atoms with Gasteiger partial charge in [-0.3, -0.25) is 24.0 Å². The van der Waals surface area contributed by atoms with Crippen LogP contribution >= 0.6 is 0 Å². The van der Waals surface area contributed by atoms with Crippen molar-refractivity contribution in [3.63, 3.8) is 0 Å². The summed E-state index contributed by atoms with van der Waals surface area (Å²) in [4.78, 5) is 57.6. The van der Waals surface area contributed by atoms with Gasteiger partial charge >= 0.3 is 0 Å². The fourth-order valence-corrected chi connectivity index (χ4v) is 2.58. The lowest BCUT2D eigenvalue weighted by atomic mass is 10.1. The zero-order valence-corrected chi connectivity index (χ0v) is 15.8. The Balaban J connectivity index is 2.14. The first kappa shape index (κ1) is 23.5. The average Bonchev–Trinajstić information content (AvgIpc) is 3.23. The van der Waals surface area contributed by atoms with Gasteiger partial charge in [-0.15, -0.1) is 0 Å². The number of hydrogen-bond donors (Lipinski definition) is 6. The summed E-state index contributed by atoms with van der Waals surface area (Å²) >= 11 is 0. The minimum Gasteiger partial charge on any atom is -0.346 e. The second-order valence-electron chi connectivity index (χ2n) is 6.44. The first-order valence-electron chi connectivity index (χ1n) is 9.37. The van der Waals surface area contributed by atoms with Crippen molar-refractivity contribution < 1.29 is 24.0 Å². The lowest BCUT2D eigenvalue weighted by Crippen LogP contribution is -2.47. The topological polar surface area (TPSA) is 172 Å². The summed E-state index contributed by atoms with van der Waals surface area (Å²) in [6, 6.07) is -1.02. The maximum atomic E-state index is 11.8. The number of nitrogens with one attached hydrogen (secondary N) is 5. The normalized spacial score (nSPS) is 16.7. The molecule has 4 amide bonds. The molecule has 1 heterocycles. The van der Waals surface area contributed by atoms with Crippen molar-refractivity contribution in [2.24, 2.45) is 5.73 Å². The number of amides is 4. The predicted molar refractivity (Wildman–Crippen MR) is 101 cm³/mol. The molecule has 0 bridgehead atoms. The van der Waals surface area contributed by atoms with Crippen LogP contribution in [0.3, 0.4) is 0 Å². The zero-order valence-electron chi connectivity index (χ0n) is 15.8. The van der Waals surface area contributed by atoms with Crippen LogP contribution in [0.15, 0.2) is 0 Å². The number of nitrogens with two attached hydrogens (primary N) is 1. The molecule has 28 heavy (non-hydrogen) atoms. The largest absolute Gasteiger partial charge is 0.346 e. The van der Waals surface area contributed by atoms with Crippen LogP contribution in [0.25, 0.3) is 0 Å². The summed E-state index contributed by atoms with van der Waals surface area (Å²) in [5.74, 6) is -1.86. The fourth-order valence-electron chi connectivity index (χ4n) is 2.58. The van der Waals surface area contributed by atoms with E-state index in [1.165, 1.54) is 0 Å². The Kier molecular flexibility index (Phi) is 11.4. The number of unbranched alkanes of at least 4 members (excludes halogenated alkanes) is 1. The highest BCUT2D eigenvalue weighted by atomic mass is 16.2. The molecule has 0 aromatic rings. The van der Waals surface area contributed by atoms with Gasteiger partial charge in [-0.05, 0) is 45.2 Å². The third kappa shape index (κ3) is 9.97. The smallest absolute Gasteiger partial charge is 0.239 e. The molecule has 0 aromatic heterocycles. The average molecular weight is 397 g/mol. The van der Waals surface area contributed by atoms with Gasteiger partial charge in [0, 0.05) is 0 Å². The monoisotopic (exact) mass is 397 g/mol. The Hall–Kier alpha value is -2.53. The second-order valence-corrected chi connectivity index (χ2v) is 6.44. The first-order chi connectivity index (χ1) is 13.5. The lowest BCUT2D eigenvalue weighted by molar-refractivity contribution is -0.129. The van der Waals surface area contributed by atoms with E-state index in [0.717, 1.165) is 25.8 Å². The van der Waals surface area contributed by atoms with Crippen LogP contribution in [-0.2, 0) is 24.0 Å². The Morgan fingerprint density at radius 1 is 1.00 bits per heavy atom. The van der Waals surface area contributed by atoms with E-state index in [9.17, 15) is 24.0 Å². The predicted octanol–water partition coefficient (Wildman–Crippen LogP) is -3.19. The Morgan fingerprint density at radius 3 is 2.21 bits per heavy atom. The number of rotatable bonds is 13. The van der Waals surface area contributed by atoms with Crippen LogP contribution in [0.4, 0.5) is 0 Å². The van der Waals surface area contributed by atoms with Crippen LogP contribution in [0.2, 0.25) is 0 Å². The van der Waals surface area contributed by atoms with E-state index in [1.807, 2.05) is 0 Å². The van der Waals surface area contributed by atoms with Gasteiger partial charge in [-0.2, -0.15) is 0 Å². The maximum Gasteiger partial charge on any atom is 0.239 e. The van der Waals surface area contributed by atoms with Crippen LogP contribution < -0.4 is 32.3 Å². The number of carbonyl (C=O) groups excluding carboxylic acids is 5. The van der Waals surface area contributed by atoms with Crippen molar-refractivity contribution in [2.45, 2.75) is 44.2 Å². The Labute approximate surface area is 163 Å². The van der Waals surface area contributed by atoms with E-state index in [4.69, 9.17) is 5.73 Å². The molecule has 11 nitrogen and oxygen atoms in total. The molecule has 0 unspecified atom stereocenters.